The van der Waals surface area contributed by atoms with E-state index >= 15 is 0 Å². The van der Waals surface area contributed by atoms with Gasteiger partial charge in [0.05, 0.1) is 25.5 Å². The maximum atomic E-state index is 13.6. The molecule has 2 aromatic carbocycles. The third kappa shape index (κ3) is 3.91. The van der Waals surface area contributed by atoms with Gasteiger partial charge in [0.25, 0.3) is 5.91 Å². The summed E-state index contributed by atoms with van der Waals surface area (Å²) in [6.45, 7) is 6.17. The van der Waals surface area contributed by atoms with Gasteiger partial charge in [-0.1, -0.05) is 38.1 Å². The van der Waals surface area contributed by atoms with E-state index in [4.69, 9.17) is 9.47 Å². The molecule has 0 fully saturated rings. The first-order valence-electron chi connectivity index (χ1n) is 10.4. The van der Waals surface area contributed by atoms with Crippen LogP contribution < -0.4 is 20.1 Å². The molecule has 32 heavy (non-hydrogen) atoms. The average molecular weight is 434 g/mol. The summed E-state index contributed by atoms with van der Waals surface area (Å²) in [5, 5.41) is 10.6. The second-order valence-electron chi connectivity index (χ2n) is 7.94. The molecule has 0 unspecified atom stereocenters. The van der Waals surface area contributed by atoms with Crippen LogP contribution in [0.5, 0.6) is 11.5 Å². The van der Waals surface area contributed by atoms with Crippen LogP contribution in [0.3, 0.4) is 0 Å². The number of hydrogen-bond acceptors (Lipinski definition) is 6. The number of nitrogens with one attached hydrogen (secondary N) is 2. The molecule has 2 N–H and O–H groups in total. The molecule has 3 aromatic rings. The minimum absolute atomic E-state index is 0.263. The molecular formula is C24H27N5O3. The van der Waals surface area contributed by atoms with Crippen LogP contribution in [0.25, 0.3) is 0 Å². The number of carbonyl (C=O) groups is 1. The zero-order valence-electron chi connectivity index (χ0n) is 18.8. The highest BCUT2D eigenvalue weighted by Gasteiger charge is 2.33. The fraction of sp³-hybridized carbons (Fsp3) is 0.292. The highest BCUT2D eigenvalue weighted by Crippen LogP contribution is 2.37. The summed E-state index contributed by atoms with van der Waals surface area (Å²) in [5.74, 6) is 1.91. The predicted molar refractivity (Wildman–Crippen MR) is 123 cm³/mol. The van der Waals surface area contributed by atoms with Crippen LogP contribution in [0.15, 0.2) is 60.1 Å². The van der Waals surface area contributed by atoms with Crippen molar-refractivity contribution in [2.75, 3.05) is 24.9 Å². The third-order valence-corrected chi connectivity index (χ3v) is 5.61. The molecule has 0 spiro atoms. The monoisotopic (exact) mass is 433 g/mol. The molecule has 0 saturated carbocycles. The minimum Gasteiger partial charge on any atom is -0.497 e. The van der Waals surface area contributed by atoms with Crippen molar-refractivity contribution in [3.63, 3.8) is 0 Å². The first-order chi connectivity index (χ1) is 15.4. The van der Waals surface area contributed by atoms with Gasteiger partial charge in [0.1, 0.15) is 23.9 Å². The Morgan fingerprint density at radius 1 is 1.12 bits per heavy atom. The largest absolute Gasteiger partial charge is 0.497 e. The van der Waals surface area contributed by atoms with Crippen molar-refractivity contribution in [1.82, 2.24) is 14.8 Å². The van der Waals surface area contributed by atoms with Crippen LogP contribution in [-0.2, 0) is 4.79 Å². The van der Waals surface area contributed by atoms with E-state index in [1.54, 1.807) is 37.1 Å². The van der Waals surface area contributed by atoms with Gasteiger partial charge in [0.2, 0.25) is 5.95 Å². The van der Waals surface area contributed by atoms with E-state index in [2.05, 4.69) is 46.7 Å². The van der Waals surface area contributed by atoms with Crippen molar-refractivity contribution >= 4 is 17.5 Å². The number of aromatic nitrogens is 3. The van der Waals surface area contributed by atoms with Gasteiger partial charge in [0, 0.05) is 11.8 Å². The fourth-order valence-corrected chi connectivity index (χ4v) is 3.86. The molecule has 8 heteroatoms. The quantitative estimate of drug-likeness (QED) is 0.601. The van der Waals surface area contributed by atoms with Gasteiger partial charge in [-0.05, 0) is 36.1 Å². The molecular weight excluding hydrogens is 406 g/mol. The van der Waals surface area contributed by atoms with Crippen molar-refractivity contribution in [1.29, 1.82) is 0 Å². The second-order valence-corrected chi connectivity index (χ2v) is 7.94. The Hall–Kier alpha value is -3.81. The molecule has 0 saturated heterocycles. The van der Waals surface area contributed by atoms with Crippen LogP contribution >= 0.6 is 0 Å². The number of hydrogen-bond donors (Lipinski definition) is 2. The molecule has 1 aliphatic heterocycles. The zero-order valence-corrected chi connectivity index (χ0v) is 18.8. The molecule has 166 valence electrons. The lowest BCUT2D eigenvalue weighted by molar-refractivity contribution is -0.113. The number of carbonyl (C=O) groups excluding carboxylic acids is 1. The molecule has 2 heterocycles. The molecule has 1 amide bonds. The number of allylic oxidation sites excluding steroid dienone is 1. The van der Waals surface area contributed by atoms with E-state index in [0.29, 0.717) is 40.3 Å². The van der Waals surface area contributed by atoms with Gasteiger partial charge in [-0.25, -0.2) is 4.68 Å². The topological polar surface area (TPSA) is 90.3 Å². The SMILES string of the molecule is COc1ccc(OC)c(NC(=O)C2=C(C)Nc3ncnn3[C@H]2c2ccc(C(C)C)cc2)c1. The van der Waals surface area contributed by atoms with Crippen molar-refractivity contribution < 1.29 is 14.3 Å². The van der Waals surface area contributed by atoms with Crippen molar-refractivity contribution in [3.05, 3.63) is 71.2 Å². The smallest absolute Gasteiger partial charge is 0.255 e. The Labute approximate surface area is 187 Å². The first-order valence-corrected chi connectivity index (χ1v) is 10.4. The number of methoxy groups -OCH3 is 2. The molecule has 0 bridgehead atoms. The Morgan fingerprint density at radius 2 is 1.88 bits per heavy atom. The predicted octanol–water partition coefficient (Wildman–Crippen LogP) is 4.35. The van der Waals surface area contributed by atoms with E-state index in [1.807, 2.05) is 19.1 Å². The summed E-state index contributed by atoms with van der Waals surface area (Å²) in [7, 11) is 3.14. The molecule has 0 radical (unpaired) electrons. The minimum atomic E-state index is -0.424. The van der Waals surface area contributed by atoms with Gasteiger partial charge in [0.15, 0.2) is 0 Å². The number of benzene rings is 2. The van der Waals surface area contributed by atoms with Crippen LogP contribution in [0.2, 0.25) is 0 Å². The van der Waals surface area contributed by atoms with Crippen LogP contribution in [0, 0.1) is 0 Å². The molecule has 1 aromatic heterocycles. The molecule has 1 atom stereocenters. The third-order valence-electron chi connectivity index (χ3n) is 5.61. The molecule has 0 aliphatic carbocycles. The molecule has 8 nitrogen and oxygen atoms in total. The summed E-state index contributed by atoms with van der Waals surface area (Å²) in [5.41, 5.74) is 3.96. The lowest BCUT2D eigenvalue weighted by atomic mass is 9.92. The van der Waals surface area contributed by atoms with E-state index in [1.165, 1.54) is 11.9 Å². The number of rotatable bonds is 6. The maximum Gasteiger partial charge on any atom is 0.255 e. The second kappa shape index (κ2) is 8.74. The van der Waals surface area contributed by atoms with E-state index < -0.39 is 6.04 Å². The van der Waals surface area contributed by atoms with Gasteiger partial charge >= 0.3 is 0 Å². The standard InChI is InChI=1S/C24H27N5O3/c1-14(2)16-6-8-17(9-7-16)22-21(15(3)27-24-25-13-26-29(22)24)23(30)28-19-12-18(31-4)10-11-20(19)32-5/h6-14,22H,1-5H3,(H,28,30)(H,25,26,27)/t22-/m0/s1. The van der Waals surface area contributed by atoms with E-state index in [-0.39, 0.29) is 5.91 Å². The van der Waals surface area contributed by atoms with Crippen molar-refractivity contribution in [2.24, 2.45) is 0 Å². The summed E-state index contributed by atoms with van der Waals surface area (Å²) >= 11 is 0. The zero-order chi connectivity index (χ0) is 22.8. The lowest BCUT2D eigenvalue weighted by Gasteiger charge is -2.29. The summed E-state index contributed by atoms with van der Waals surface area (Å²) in [6.07, 6.45) is 1.48. The lowest BCUT2D eigenvalue weighted by Crippen LogP contribution is -2.31. The van der Waals surface area contributed by atoms with Crippen LogP contribution in [-0.4, -0.2) is 34.9 Å². The van der Waals surface area contributed by atoms with Crippen LogP contribution in [0.1, 0.15) is 43.9 Å². The number of amides is 1. The van der Waals surface area contributed by atoms with Crippen molar-refractivity contribution in [3.8, 4) is 11.5 Å². The van der Waals surface area contributed by atoms with Gasteiger partial charge < -0.3 is 20.1 Å². The highest BCUT2D eigenvalue weighted by atomic mass is 16.5. The van der Waals surface area contributed by atoms with Gasteiger partial charge in [-0.2, -0.15) is 10.1 Å². The molecule has 1 aliphatic rings. The van der Waals surface area contributed by atoms with E-state index in [0.717, 1.165) is 5.56 Å². The molecule has 4 rings (SSSR count). The average Bonchev–Trinajstić information content (AvgIpc) is 3.26. The Balaban J connectivity index is 1.74. The van der Waals surface area contributed by atoms with E-state index in [9.17, 15) is 4.79 Å². The summed E-state index contributed by atoms with van der Waals surface area (Å²) in [4.78, 5) is 17.9. The van der Waals surface area contributed by atoms with Gasteiger partial charge in [-0.3, -0.25) is 4.79 Å². The van der Waals surface area contributed by atoms with Crippen LogP contribution in [0.4, 0.5) is 11.6 Å². The highest BCUT2D eigenvalue weighted by molar-refractivity contribution is 6.06. The number of fused-ring (bicyclic) bond motifs is 1. The normalized spacial score (nSPS) is 15.2. The summed E-state index contributed by atoms with van der Waals surface area (Å²) in [6, 6.07) is 13.1. The Bertz CT molecular complexity index is 1160. The summed E-state index contributed by atoms with van der Waals surface area (Å²) < 4.78 is 12.5. The Morgan fingerprint density at radius 3 is 2.53 bits per heavy atom. The Kier molecular flexibility index (Phi) is 5.85. The number of nitrogens with zero attached hydrogens (tertiary/aromatic N) is 3. The van der Waals surface area contributed by atoms with Gasteiger partial charge in [-0.15, -0.1) is 0 Å². The number of ether oxygens (including phenoxy) is 2. The number of anilines is 2. The fourth-order valence-electron chi connectivity index (χ4n) is 3.86. The first kappa shape index (κ1) is 21.4. The van der Waals surface area contributed by atoms with Crippen molar-refractivity contribution in [2.45, 2.75) is 32.7 Å². The maximum absolute atomic E-state index is 13.6.